The Morgan fingerprint density at radius 3 is 2.29 bits per heavy atom. The lowest BCUT2D eigenvalue weighted by Crippen LogP contribution is -2.57. The van der Waals surface area contributed by atoms with Gasteiger partial charge in [-0.3, -0.25) is 4.79 Å². The van der Waals surface area contributed by atoms with E-state index in [1.807, 2.05) is 39.5 Å². The van der Waals surface area contributed by atoms with Crippen LogP contribution in [0.25, 0.3) is 0 Å². The average Bonchev–Trinajstić information content (AvgIpc) is 2.42. The van der Waals surface area contributed by atoms with E-state index in [9.17, 15) is 9.59 Å². The molecule has 0 spiro atoms. The summed E-state index contributed by atoms with van der Waals surface area (Å²) >= 11 is 0. The third-order valence-electron chi connectivity index (χ3n) is 4.82. The molecule has 2 saturated heterocycles. The Morgan fingerprint density at radius 2 is 1.75 bits per heavy atom. The normalized spacial score (nSPS) is 24.0. The predicted molar refractivity (Wildman–Crippen MR) is 91.8 cm³/mol. The van der Waals surface area contributed by atoms with Crippen molar-refractivity contribution in [3.63, 3.8) is 0 Å². The fraction of sp³-hybridized carbons (Fsp3) is 0.889. The van der Waals surface area contributed by atoms with E-state index in [0.29, 0.717) is 26.2 Å². The molecule has 0 N–H and O–H groups in total. The molecule has 2 aliphatic rings. The molecular weight excluding hydrogens is 308 g/mol. The zero-order chi connectivity index (χ0) is 18.2. The van der Waals surface area contributed by atoms with Gasteiger partial charge in [-0.25, -0.2) is 4.79 Å². The molecule has 0 aromatic carbocycles. The van der Waals surface area contributed by atoms with Crippen LogP contribution >= 0.6 is 0 Å². The molecule has 0 bridgehead atoms. The van der Waals surface area contributed by atoms with Crippen LogP contribution in [0.1, 0.15) is 54.4 Å². The van der Waals surface area contributed by atoms with Gasteiger partial charge in [-0.2, -0.15) is 0 Å². The Labute approximate surface area is 145 Å². The first-order valence-electron chi connectivity index (χ1n) is 8.83. The smallest absolute Gasteiger partial charge is 0.410 e. The molecule has 6 nitrogen and oxygen atoms in total. The van der Waals surface area contributed by atoms with E-state index in [0.717, 1.165) is 19.4 Å². The number of carbonyl (C=O) groups excluding carboxylic acids is 2. The maximum absolute atomic E-state index is 12.5. The van der Waals surface area contributed by atoms with E-state index in [1.165, 1.54) is 0 Å². The zero-order valence-electron chi connectivity index (χ0n) is 16.0. The molecule has 2 aliphatic heterocycles. The van der Waals surface area contributed by atoms with E-state index >= 15 is 0 Å². The highest BCUT2D eigenvalue weighted by Gasteiger charge is 2.41. The summed E-state index contributed by atoms with van der Waals surface area (Å²) in [5, 5.41) is 0. The number of carbonyl (C=O) groups is 2. The minimum Gasteiger partial charge on any atom is -0.444 e. The standard InChI is InChI=1S/C18H32N2O4/c1-16(2,3)24-15(22)19-9-7-18(6,8-10-19)13-20-11-12-23-17(4,5)14(20)21/h7-13H2,1-6H3. The Kier molecular flexibility index (Phi) is 5.19. The third-order valence-corrected chi connectivity index (χ3v) is 4.82. The second-order valence-corrected chi connectivity index (χ2v) is 8.86. The molecule has 24 heavy (non-hydrogen) atoms. The molecule has 0 saturated carbocycles. The van der Waals surface area contributed by atoms with Crippen molar-refractivity contribution in [3.8, 4) is 0 Å². The maximum atomic E-state index is 12.5. The second kappa shape index (κ2) is 6.54. The van der Waals surface area contributed by atoms with Crippen LogP contribution < -0.4 is 0 Å². The molecule has 6 heteroatoms. The van der Waals surface area contributed by atoms with Gasteiger partial charge in [0.1, 0.15) is 11.2 Å². The summed E-state index contributed by atoms with van der Waals surface area (Å²) in [5.41, 5.74) is -1.17. The van der Waals surface area contributed by atoms with E-state index in [-0.39, 0.29) is 17.4 Å². The molecule has 0 aromatic heterocycles. The maximum Gasteiger partial charge on any atom is 0.410 e. The molecule has 0 atom stereocenters. The predicted octanol–water partition coefficient (Wildman–Crippen LogP) is 2.66. The van der Waals surface area contributed by atoms with Crippen LogP contribution in [0.4, 0.5) is 4.79 Å². The van der Waals surface area contributed by atoms with Crippen molar-refractivity contribution < 1.29 is 19.1 Å². The first-order valence-corrected chi connectivity index (χ1v) is 8.83. The fourth-order valence-corrected chi connectivity index (χ4v) is 3.28. The van der Waals surface area contributed by atoms with E-state index < -0.39 is 11.2 Å². The van der Waals surface area contributed by atoms with Crippen molar-refractivity contribution >= 4 is 12.0 Å². The number of likely N-dealkylation sites (tertiary alicyclic amines) is 1. The van der Waals surface area contributed by atoms with Gasteiger partial charge in [0.05, 0.1) is 6.61 Å². The molecule has 0 aliphatic carbocycles. The summed E-state index contributed by atoms with van der Waals surface area (Å²) in [6, 6.07) is 0. The second-order valence-electron chi connectivity index (χ2n) is 8.86. The molecule has 2 amide bonds. The van der Waals surface area contributed by atoms with Crippen molar-refractivity contribution in [2.75, 3.05) is 32.8 Å². The van der Waals surface area contributed by atoms with Crippen LogP contribution in [0.3, 0.4) is 0 Å². The average molecular weight is 340 g/mol. The molecular formula is C18H32N2O4. The van der Waals surface area contributed by atoms with Crippen LogP contribution in [-0.4, -0.2) is 65.8 Å². The molecule has 2 heterocycles. The van der Waals surface area contributed by atoms with E-state index in [4.69, 9.17) is 9.47 Å². The van der Waals surface area contributed by atoms with Gasteiger partial charge in [0.25, 0.3) is 5.91 Å². The van der Waals surface area contributed by atoms with Gasteiger partial charge in [0, 0.05) is 26.2 Å². The first-order chi connectivity index (χ1) is 10.9. The van der Waals surface area contributed by atoms with Crippen molar-refractivity contribution in [2.24, 2.45) is 5.41 Å². The highest BCUT2D eigenvalue weighted by molar-refractivity contribution is 5.85. The minimum absolute atomic E-state index is 0.0294. The van der Waals surface area contributed by atoms with Crippen LogP contribution in [0.2, 0.25) is 0 Å². The number of nitrogens with zero attached hydrogens (tertiary/aromatic N) is 2. The fourth-order valence-electron chi connectivity index (χ4n) is 3.28. The number of piperidine rings is 1. The zero-order valence-corrected chi connectivity index (χ0v) is 16.0. The Morgan fingerprint density at radius 1 is 1.17 bits per heavy atom. The van der Waals surface area contributed by atoms with Gasteiger partial charge in [0.2, 0.25) is 0 Å². The number of rotatable bonds is 2. The molecule has 138 valence electrons. The van der Waals surface area contributed by atoms with Gasteiger partial charge in [-0.05, 0) is 52.9 Å². The van der Waals surface area contributed by atoms with Crippen LogP contribution in [-0.2, 0) is 14.3 Å². The van der Waals surface area contributed by atoms with Crippen LogP contribution in [0, 0.1) is 5.41 Å². The van der Waals surface area contributed by atoms with Gasteiger partial charge < -0.3 is 19.3 Å². The highest BCUT2D eigenvalue weighted by Crippen LogP contribution is 2.34. The number of amides is 2. The number of morpholine rings is 1. The Balaban J connectivity index is 1.90. The highest BCUT2D eigenvalue weighted by atomic mass is 16.6. The monoisotopic (exact) mass is 340 g/mol. The van der Waals surface area contributed by atoms with E-state index in [2.05, 4.69) is 6.92 Å². The molecule has 2 fully saturated rings. The lowest BCUT2D eigenvalue weighted by molar-refractivity contribution is -0.168. The van der Waals surface area contributed by atoms with Crippen molar-refractivity contribution in [1.82, 2.24) is 9.80 Å². The quantitative estimate of drug-likeness (QED) is 0.775. The summed E-state index contributed by atoms with van der Waals surface area (Å²) in [6.07, 6.45) is 1.50. The minimum atomic E-state index is -0.730. The number of ether oxygens (including phenoxy) is 2. The summed E-state index contributed by atoms with van der Waals surface area (Å²) in [4.78, 5) is 28.4. The summed E-state index contributed by atoms with van der Waals surface area (Å²) in [5.74, 6) is 0.0598. The van der Waals surface area contributed by atoms with Crippen molar-refractivity contribution in [2.45, 2.75) is 65.6 Å². The van der Waals surface area contributed by atoms with Crippen LogP contribution in [0.15, 0.2) is 0 Å². The number of hydrogen-bond acceptors (Lipinski definition) is 4. The van der Waals surface area contributed by atoms with Crippen molar-refractivity contribution in [3.05, 3.63) is 0 Å². The van der Waals surface area contributed by atoms with Gasteiger partial charge in [-0.15, -0.1) is 0 Å². The summed E-state index contributed by atoms with van der Waals surface area (Å²) in [6.45, 7) is 14.8. The molecule has 0 aromatic rings. The lowest BCUT2D eigenvalue weighted by Gasteiger charge is -2.45. The lowest BCUT2D eigenvalue weighted by atomic mass is 9.79. The third kappa shape index (κ3) is 4.62. The largest absolute Gasteiger partial charge is 0.444 e. The molecule has 0 radical (unpaired) electrons. The summed E-state index contributed by atoms with van der Waals surface area (Å²) < 4.78 is 11.0. The topological polar surface area (TPSA) is 59.1 Å². The molecule has 2 rings (SSSR count). The molecule has 0 unspecified atom stereocenters. The number of hydrogen-bond donors (Lipinski definition) is 0. The van der Waals surface area contributed by atoms with Crippen molar-refractivity contribution in [1.29, 1.82) is 0 Å². The van der Waals surface area contributed by atoms with Gasteiger partial charge in [-0.1, -0.05) is 6.92 Å². The van der Waals surface area contributed by atoms with E-state index in [1.54, 1.807) is 4.90 Å². The van der Waals surface area contributed by atoms with Crippen LogP contribution in [0.5, 0.6) is 0 Å². The SMILES string of the molecule is CC1(CN2CCOC(C)(C)C2=O)CCN(C(=O)OC(C)(C)C)CC1. The first kappa shape index (κ1) is 19.0. The Hall–Kier alpha value is -1.30. The summed E-state index contributed by atoms with van der Waals surface area (Å²) in [7, 11) is 0. The van der Waals surface area contributed by atoms with Gasteiger partial charge in [0.15, 0.2) is 0 Å². The Bertz CT molecular complexity index is 488. The van der Waals surface area contributed by atoms with Gasteiger partial charge >= 0.3 is 6.09 Å².